The fourth-order valence-electron chi connectivity index (χ4n) is 5.52. The molecule has 3 fully saturated rings. The molecule has 0 atom stereocenters. The van der Waals surface area contributed by atoms with Gasteiger partial charge in [0.1, 0.15) is 11.4 Å². The van der Waals surface area contributed by atoms with Crippen molar-refractivity contribution in [1.29, 1.82) is 0 Å². The van der Waals surface area contributed by atoms with Crippen molar-refractivity contribution in [3.05, 3.63) is 53.3 Å². The van der Waals surface area contributed by atoms with Gasteiger partial charge in [-0.25, -0.2) is 4.98 Å². The van der Waals surface area contributed by atoms with Crippen molar-refractivity contribution in [2.24, 2.45) is 10.8 Å². The highest BCUT2D eigenvalue weighted by Gasteiger charge is 2.52. The zero-order valence-corrected chi connectivity index (χ0v) is 20.5. The number of tetrazole rings is 1. The quantitative estimate of drug-likeness (QED) is 0.491. The van der Waals surface area contributed by atoms with E-state index in [0.717, 1.165) is 30.6 Å². The van der Waals surface area contributed by atoms with E-state index in [1.54, 1.807) is 18.0 Å². The minimum Gasteiger partial charge on any atom is -0.497 e. The second-order valence-corrected chi connectivity index (χ2v) is 10.1. The Morgan fingerprint density at radius 3 is 2.56 bits per heavy atom. The number of nitrogens with zero attached hydrogens (tertiary/aromatic N) is 5. The van der Waals surface area contributed by atoms with E-state index >= 15 is 0 Å². The molecule has 3 aromatic rings. The van der Waals surface area contributed by atoms with Crippen molar-refractivity contribution in [3.8, 4) is 17.1 Å². The van der Waals surface area contributed by atoms with Gasteiger partial charge >= 0.3 is 5.97 Å². The topological polar surface area (TPSA) is 132 Å². The largest absolute Gasteiger partial charge is 0.497 e. The first-order chi connectivity index (χ1) is 17.3. The summed E-state index contributed by atoms with van der Waals surface area (Å²) in [6.45, 7) is 2.79. The molecule has 1 aromatic carbocycles. The van der Waals surface area contributed by atoms with Crippen molar-refractivity contribution < 1.29 is 19.4 Å². The average molecular weight is 491 g/mol. The molecule has 2 N–H and O–H groups in total. The smallest absolute Gasteiger partial charge is 0.309 e. The minimum atomic E-state index is -0.659. The van der Waals surface area contributed by atoms with Gasteiger partial charge in [-0.05, 0) is 85.9 Å². The normalized spacial score (nSPS) is 22.8. The number of aliphatic carboxylic acids is 1. The van der Waals surface area contributed by atoms with Gasteiger partial charge in [0.2, 0.25) is 5.82 Å². The Hall–Kier alpha value is -3.82. The van der Waals surface area contributed by atoms with Gasteiger partial charge in [-0.3, -0.25) is 9.59 Å². The second kappa shape index (κ2) is 9.33. The Bertz CT molecular complexity index is 1280. The third-order valence-corrected chi connectivity index (χ3v) is 7.82. The van der Waals surface area contributed by atoms with E-state index < -0.39 is 11.4 Å². The summed E-state index contributed by atoms with van der Waals surface area (Å²) >= 11 is 0. The number of amides is 1. The van der Waals surface area contributed by atoms with Crippen molar-refractivity contribution in [2.75, 3.05) is 7.11 Å². The molecule has 3 aliphatic rings. The number of carboxylic acid groups (broad SMARTS) is 1. The molecule has 10 nitrogen and oxygen atoms in total. The number of aryl methyl sites for hydroxylation is 1. The Kier molecular flexibility index (Phi) is 6.19. The fourth-order valence-corrected chi connectivity index (χ4v) is 5.52. The number of nitrogens with one attached hydrogen (secondary N) is 1. The number of hydrogen-bond acceptors (Lipinski definition) is 7. The Labute approximate surface area is 209 Å². The zero-order chi connectivity index (χ0) is 25.3. The highest BCUT2D eigenvalue weighted by Crippen LogP contribution is 2.57. The monoisotopic (exact) mass is 490 g/mol. The molecule has 3 aliphatic carbocycles. The molecular weight excluding hydrogens is 460 g/mol. The number of ether oxygens (including phenoxy) is 1. The van der Waals surface area contributed by atoms with Crippen molar-refractivity contribution in [2.45, 2.75) is 58.5 Å². The van der Waals surface area contributed by atoms with Gasteiger partial charge in [-0.1, -0.05) is 12.1 Å². The summed E-state index contributed by atoms with van der Waals surface area (Å²) in [4.78, 5) is 30.6. The van der Waals surface area contributed by atoms with Gasteiger partial charge in [0.05, 0.1) is 19.1 Å². The molecule has 2 heterocycles. The number of carboxylic acids is 1. The Balaban J connectivity index is 1.27. The van der Waals surface area contributed by atoms with Crippen LogP contribution in [0.1, 0.15) is 60.3 Å². The lowest BCUT2D eigenvalue weighted by Crippen LogP contribution is -2.47. The summed E-state index contributed by atoms with van der Waals surface area (Å²) in [6.07, 6.45) is 4.72. The maximum Gasteiger partial charge on any atom is 0.309 e. The van der Waals surface area contributed by atoms with Crippen LogP contribution in [0.2, 0.25) is 0 Å². The summed E-state index contributed by atoms with van der Waals surface area (Å²) in [5, 5.41) is 25.6. The first kappa shape index (κ1) is 23.9. The molecule has 0 unspecified atom stereocenters. The van der Waals surface area contributed by atoms with E-state index in [-0.39, 0.29) is 17.0 Å². The van der Waals surface area contributed by atoms with Crippen LogP contribution in [0.5, 0.6) is 5.75 Å². The van der Waals surface area contributed by atoms with E-state index in [2.05, 4.69) is 25.7 Å². The van der Waals surface area contributed by atoms with Gasteiger partial charge in [-0.2, -0.15) is 4.80 Å². The van der Waals surface area contributed by atoms with E-state index in [1.807, 2.05) is 37.3 Å². The van der Waals surface area contributed by atoms with Crippen LogP contribution in [0, 0.1) is 17.8 Å². The van der Waals surface area contributed by atoms with Crippen molar-refractivity contribution >= 4 is 11.9 Å². The first-order valence-corrected chi connectivity index (χ1v) is 12.2. The predicted molar refractivity (Wildman–Crippen MR) is 130 cm³/mol. The van der Waals surface area contributed by atoms with Crippen LogP contribution in [0.4, 0.5) is 0 Å². The van der Waals surface area contributed by atoms with Crippen molar-refractivity contribution in [1.82, 2.24) is 30.5 Å². The van der Waals surface area contributed by atoms with Crippen LogP contribution in [-0.2, 0) is 17.9 Å². The molecule has 2 aromatic heterocycles. The SMILES string of the molecule is COc1cccc(CNC(=O)c2cc(-c3nnn(CC45CCC(C(=O)O)(CC4)CC5)n3)cc(C)n2)c1. The number of methoxy groups -OCH3 is 1. The molecule has 1 amide bonds. The van der Waals surface area contributed by atoms with Gasteiger partial charge in [0, 0.05) is 17.8 Å². The summed E-state index contributed by atoms with van der Waals surface area (Å²) in [7, 11) is 1.61. The van der Waals surface area contributed by atoms with E-state index in [1.165, 1.54) is 0 Å². The van der Waals surface area contributed by atoms with E-state index in [9.17, 15) is 14.7 Å². The van der Waals surface area contributed by atoms with Gasteiger partial charge in [0.15, 0.2) is 0 Å². The number of fused-ring (bicyclic) bond motifs is 3. The summed E-state index contributed by atoms with van der Waals surface area (Å²) < 4.78 is 5.24. The summed E-state index contributed by atoms with van der Waals surface area (Å²) in [5.41, 5.74) is 2.04. The third-order valence-electron chi connectivity index (χ3n) is 7.82. The van der Waals surface area contributed by atoms with Gasteiger partial charge < -0.3 is 15.2 Å². The standard InChI is InChI=1S/C26H30N6O4/c1-17-12-19(14-21(28-17)23(33)27-15-18-4-3-5-20(13-18)36-2)22-29-31-32(30-22)16-25-6-9-26(10-7-25,11-8-25)24(34)35/h3-5,12-14H,6-11,15-16H2,1-2H3,(H,27,33)(H,34,35). The van der Waals surface area contributed by atoms with E-state index in [0.29, 0.717) is 49.4 Å². The highest BCUT2D eigenvalue weighted by atomic mass is 16.5. The Morgan fingerprint density at radius 2 is 1.86 bits per heavy atom. The molecule has 0 radical (unpaired) electrons. The molecule has 36 heavy (non-hydrogen) atoms. The molecule has 188 valence electrons. The molecule has 10 heteroatoms. The number of rotatable bonds is 8. The lowest BCUT2D eigenvalue weighted by atomic mass is 9.54. The highest BCUT2D eigenvalue weighted by molar-refractivity contribution is 5.93. The number of aromatic nitrogens is 5. The average Bonchev–Trinajstić information content (AvgIpc) is 3.36. The molecule has 3 saturated carbocycles. The van der Waals surface area contributed by atoms with Crippen LogP contribution in [0.15, 0.2) is 36.4 Å². The zero-order valence-electron chi connectivity index (χ0n) is 20.5. The predicted octanol–water partition coefficient (Wildman–Crippen LogP) is 3.41. The number of carbonyl (C=O) groups excluding carboxylic acids is 1. The lowest BCUT2D eigenvalue weighted by Gasteiger charge is -2.51. The van der Waals surface area contributed by atoms with Crippen molar-refractivity contribution in [3.63, 3.8) is 0 Å². The van der Waals surface area contributed by atoms with Crippen LogP contribution in [0.3, 0.4) is 0 Å². The van der Waals surface area contributed by atoms with E-state index in [4.69, 9.17) is 4.74 Å². The molecule has 2 bridgehead atoms. The number of carbonyl (C=O) groups is 2. The molecule has 0 saturated heterocycles. The molecule has 6 rings (SSSR count). The molecule has 0 aliphatic heterocycles. The molecule has 0 spiro atoms. The number of pyridine rings is 1. The maximum absolute atomic E-state index is 12.8. The summed E-state index contributed by atoms with van der Waals surface area (Å²) in [6, 6.07) is 11.0. The van der Waals surface area contributed by atoms with Crippen LogP contribution in [-0.4, -0.2) is 49.3 Å². The minimum absolute atomic E-state index is 0.0223. The van der Waals surface area contributed by atoms with Crippen LogP contribution >= 0.6 is 0 Å². The van der Waals surface area contributed by atoms with Gasteiger partial charge in [-0.15, -0.1) is 10.2 Å². The fraction of sp³-hybridized carbons (Fsp3) is 0.462. The van der Waals surface area contributed by atoms with Crippen LogP contribution in [0.25, 0.3) is 11.4 Å². The number of benzene rings is 1. The molecular formula is C26H30N6O4. The lowest BCUT2D eigenvalue weighted by molar-refractivity contribution is -0.159. The third kappa shape index (κ3) is 4.67. The first-order valence-electron chi connectivity index (χ1n) is 12.2. The van der Waals surface area contributed by atoms with Gasteiger partial charge in [0.25, 0.3) is 5.91 Å². The maximum atomic E-state index is 12.8. The summed E-state index contributed by atoms with van der Waals surface area (Å²) in [5.74, 6) is 0.216. The Morgan fingerprint density at radius 1 is 1.11 bits per heavy atom. The van der Waals surface area contributed by atoms with Crippen LogP contribution < -0.4 is 10.1 Å². The second-order valence-electron chi connectivity index (χ2n) is 10.1. The number of hydrogen-bond donors (Lipinski definition) is 2.